The van der Waals surface area contributed by atoms with E-state index in [0.29, 0.717) is 17.4 Å². The number of rotatable bonds is 5. The van der Waals surface area contributed by atoms with Gasteiger partial charge in [-0.05, 0) is 6.92 Å². The van der Waals surface area contributed by atoms with E-state index in [1.807, 2.05) is 6.92 Å². The molecule has 0 saturated heterocycles. The maximum absolute atomic E-state index is 12.2. The van der Waals surface area contributed by atoms with Gasteiger partial charge in [-0.15, -0.1) is 11.3 Å². The van der Waals surface area contributed by atoms with Crippen LogP contribution in [0.15, 0.2) is 11.2 Å². The Bertz CT molecular complexity index is 529. The van der Waals surface area contributed by atoms with E-state index >= 15 is 0 Å². The Morgan fingerprint density at radius 3 is 2.64 bits per heavy atom. The highest BCUT2D eigenvalue weighted by molar-refractivity contribution is 7.11. The first-order chi connectivity index (χ1) is 10.2. The lowest BCUT2D eigenvalue weighted by Gasteiger charge is -2.19. The molecule has 0 saturated carbocycles. The van der Waals surface area contributed by atoms with Crippen LogP contribution in [0.3, 0.4) is 0 Å². The summed E-state index contributed by atoms with van der Waals surface area (Å²) in [6.07, 6.45) is -2.67. The molecule has 0 fully saturated rings. The first-order valence-corrected chi connectivity index (χ1v) is 7.19. The average Bonchev–Trinajstić information content (AvgIpc) is 2.82. The molecule has 0 atom stereocenters. The van der Waals surface area contributed by atoms with Crippen molar-refractivity contribution in [3.63, 3.8) is 0 Å². The third-order valence-electron chi connectivity index (χ3n) is 2.55. The first kappa shape index (κ1) is 18.2. The van der Waals surface area contributed by atoms with Gasteiger partial charge in [-0.3, -0.25) is 9.79 Å². The zero-order valence-corrected chi connectivity index (χ0v) is 13.3. The van der Waals surface area contributed by atoms with Crippen LogP contribution in [0, 0.1) is 6.92 Å². The molecule has 0 radical (unpaired) electrons. The lowest BCUT2D eigenvalue weighted by atomic mass is 10.4. The fraction of sp³-hybridized carbons (Fsp3) is 0.583. The third-order valence-corrected chi connectivity index (χ3v) is 3.46. The third kappa shape index (κ3) is 6.74. The molecule has 0 bridgehead atoms. The zero-order valence-electron chi connectivity index (χ0n) is 12.5. The van der Waals surface area contributed by atoms with E-state index in [4.69, 9.17) is 0 Å². The van der Waals surface area contributed by atoms with Gasteiger partial charge < -0.3 is 15.5 Å². The highest BCUT2D eigenvalue weighted by atomic mass is 32.1. The average molecular weight is 337 g/mol. The zero-order chi connectivity index (χ0) is 16.8. The van der Waals surface area contributed by atoms with Gasteiger partial charge in [0.25, 0.3) is 0 Å². The lowest BCUT2D eigenvalue weighted by Crippen LogP contribution is -2.45. The lowest BCUT2D eigenvalue weighted by molar-refractivity contribution is -0.157. The monoisotopic (exact) mass is 337 g/mol. The van der Waals surface area contributed by atoms with Gasteiger partial charge in [-0.1, -0.05) is 0 Å². The Balaban J connectivity index is 2.39. The largest absolute Gasteiger partial charge is 0.406 e. The SMILES string of the molecule is CN=C(NCC(=O)N(C)CC(F)(F)F)NCc1ncc(C)s1. The molecular weight excluding hydrogens is 319 g/mol. The number of amides is 1. The van der Waals surface area contributed by atoms with Crippen LogP contribution in [0.4, 0.5) is 13.2 Å². The summed E-state index contributed by atoms with van der Waals surface area (Å²) in [6.45, 7) is 0.801. The summed E-state index contributed by atoms with van der Waals surface area (Å²) in [5.74, 6) is -0.355. The van der Waals surface area contributed by atoms with E-state index in [9.17, 15) is 18.0 Å². The molecule has 1 aromatic rings. The van der Waals surface area contributed by atoms with E-state index in [1.165, 1.54) is 18.4 Å². The Labute approximate surface area is 130 Å². The minimum atomic E-state index is -4.41. The molecule has 0 aliphatic carbocycles. The minimum absolute atomic E-state index is 0.275. The molecule has 1 heterocycles. The number of hydrogen-bond donors (Lipinski definition) is 2. The number of hydrogen-bond acceptors (Lipinski definition) is 4. The van der Waals surface area contributed by atoms with Crippen LogP contribution in [-0.2, 0) is 11.3 Å². The van der Waals surface area contributed by atoms with Gasteiger partial charge in [-0.25, -0.2) is 4.98 Å². The van der Waals surface area contributed by atoms with Crippen LogP contribution in [0.5, 0.6) is 0 Å². The highest BCUT2D eigenvalue weighted by Gasteiger charge is 2.31. The number of guanidine groups is 1. The molecule has 0 aliphatic heterocycles. The molecule has 1 rings (SSSR count). The summed E-state index contributed by atoms with van der Waals surface area (Å²) in [6, 6.07) is 0. The van der Waals surface area contributed by atoms with Crippen LogP contribution < -0.4 is 10.6 Å². The Hall–Kier alpha value is -1.84. The van der Waals surface area contributed by atoms with Crippen molar-refractivity contribution in [1.82, 2.24) is 20.5 Å². The molecule has 6 nitrogen and oxygen atoms in total. The van der Waals surface area contributed by atoms with Crippen molar-refractivity contribution in [3.8, 4) is 0 Å². The van der Waals surface area contributed by atoms with Crippen molar-refractivity contribution >= 4 is 23.2 Å². The van der Waals surface area contributed by atoms with Gasteiger partial charge in [0.1, 0.15) is 11.6 Å². The second-order valence-electron chi connectivity index (χ2n) is 4.51. The summed E-state index contributed by atoms with van der Waals surface area (Å²) in [7, 11) is 2.61. The number of aliphatic imine (C=N–C) groups is 1. The van der Waals surface area contributed by atoms with Crippen molar-refractivity contribution in [2.24, 2.45) is 4.99 Å². The number of aryl methyl sites for hydroxylation is 1. The molecule has 10 heteroatoms. The topological polar surface area (TPSA) is 69.6 Å². The van der Waals surface area contributed by atoms with Gasteiger partial charge >= 0.3 is 6.18 Å². The fourth-order valence-electron chi connectivity index (χ4n) is 1.51. The molecule has 124 valence electrons. The second kappa shape index (κ2) is 7.97. The molecular formula is C12H18F3N5OS. The maximum Gasteiger partial charge on any atom is 0.406 e. The first-order valence-electron chi connectivity index (χ1n) is 6.38. The normalized spacial score (nSPS) is 12.2. The molecule has 1 aromatic heterocycles. The number of likely N-dealkylation sites (N-methyl/N-ethyl adjacent to an activating group) is 1. The minimum Gasteiger partial charge on any atom is -0.350 e. The van der Waals surface area contributed by atoms with Gasteiger partial charge in [0.15, 0.2) is 5.96 Å². The molecule has 1 amide bonds. The standard InChI is InChI=1S/C12H18F3N5OS/c1-8-4-17-9(22-8)5-18-11(16-2)19-6-10(21)20(3)7-12(13,14)15/h4H,5-7H2,1-3H3,(H2,16,18,19). The smallest absolute Gasteiger partial charge is 0.350 e. The molecule has 22 heavy (non-hydrogen) atoms. The molecule has 2 N–H and O–H groups in total. The number of alkyl halides is 3. The number of thiazole rings is 1. The second-order valence-corrected chi connectivity index (χ2v) is 5.83. The van der Waals surface area contributed by atoms with Crippen molar-refractivity contribution in [1.29, 1.82) is 0 Å². The quantitative estimate of drug-likeness (QED) is 0.624. The number of aromatic nitrogens is 1. The van der Waals surface area contributed by atoms with Gasteiger partial charge in [0.05, 0.1) is 13.1 Å². The molecule has 0 spiro atoms. The van der Waals surface area contributed by atoms with Crippen LogP contribution in [-0.4, -0.2) is 55.1 Å². The van der Waals surface area contributed by atoms with Crippen LogP contribution in [0.25, 0.3) is 0 Å². The summed E-state index contributed by atoms with van der Waals surface area (Å²) < 4.78 is 36.6. The van der Waals surface area contributed by atoms with Crippen molar-refractivity contribution in [3.05, 3.63) is 16.1 Å². The van der Waals surface area contributed by atoms with Crippen LogP contribution in [0.2, 0.25) is 0 Å². The van der Waals surface area contributed by atoms with Crippen molar-refractivity contribution in [2.75, 3.05) is 27.2 Å². The van der Waals surface area contributed by atoms with E-state index in [1.54, 1.807) is 6.20 Å². The highest BCUT2D eigenvalue weighted by Crippen LogP contribution is 2.15. The van der Waals surface area contributed by atoms with Gasteiger partial charge in [0, 0.05) is 25.2 Å². The fourth-order valence-corrected chi connectivity index (χ4v) is 2.24. The number of carbonyl (C=O) groups is 1. The Morgan fingerprint density at radius 1 is 1.45 bits per heavy atom. The predicted octanol–water partition coefficient (Wildman–Crippen LogP) is 1.14. The van der Waals surface area contributed by atoms with E-state index in [2.05, 4.69) is 20.6 Å². The summed E-state index contributed by atoms with van der Waals surface area (Å²) in [4.78, 5) is 21.3. The maximum atomic E-state index is 12.2. The van der Waals surface area contributed by atoms with E-state index in [-0.39, 0.29) is 6.54 Å². The molecule has 0 aromatic carbocycles. The van der Waals surface area contributed by atoms with Gasteiger partial charge in [0.2, 0.25) is 5.91 Å². The molecule has 0 unspecified atom stereocenters. The Morgan fingerprint density at radius 2 is 2.14 bits per heavy atom. The Kier molecular flexibility index (Phi) is 6.60. The number of halogens is 3. The van der Waals surface area contributed by atoms with Crippen molar-refractivity contribution in [2.45, 2.75) is 19.6 Å². The van der Waals surface area contributed by atoms with E-state index in [0.717, 1.165) is 16.9 Å². The number of nitrogens with zero attached hydrogens (tertiary/aromatic N) is 3. The van der Waals surface area contributed by atoms with Gasteiger partial charge in [-0.2, -0.15) is 13.2 Å². The molecule has 0 aliphatic rings. The summed E-state index contributed by atoms with van der Waals surface area (Å²) >= 11 is 1.52. The predicted molar refractivity (Wildman–Crippen MR) is 78.7 cm³/mol. The van der Waals surface area contributed by atoms with E-state index < -0.39 is 18.6 Å². The summed E-state index contributed by atoms with van der Waals surface area (Å²) in [5.41, 5.74) is 0. The number of nitrogens with one attached hydrogen (secondary N) is 2. The summed E-state index contributed by atoms with van der Waals surface area (Å²) in [5, 5.41) is 6.45. The van der Waals surface area contributed by atoms with Crippen LogP contribution in [0.1, 0.15) is 9.88 Å². The number of carbonyl (C=O) groups excluding carboxylic acids is 1. The van der Waals surface area contributed by atoms with Crippen LogP contribution >= 0.6 is 11.3 Å². The van der Waals surface area contributed by atoms with Crippen molar-refractivity contribution < 1.29 is 18.0 Å².